The molecule has 3 rings (SSSR count). The van der Waals surface area contributed by atoms with E-state index in [2.05, 4.69) is 31.4 Å². The van der Waals surface area contributed by atoms with Crippen LogP contribution in [0.25, 0.3) is 5.65 Å². The van der Waals surface area contributed by atoms with Crippen molar-refractivity contribution in [3.05, 3.63) is 63.8 Å². The van der Waals surface area contributed by atoms with Gasteiger partial charge in [0.2, 0.25) is 0 Å². The summed E-state index contributed by atoms with van der Waals surface area (Å²) in [6, 6.07) is 4.49. The van der Waals surface area contributed by atoms with E-state index < -0.39 is 29.8 Å². The van der Waals surface area contributed by atoms with Crippen LogP contribution in [0.1, 0.15) is 40.9 Å². The summed E-state index contributed by atoms with van der Waals surface area (Å²) in [6.45, 7) is 1.53. The molecule has 2 aromatic heterocycles. The van der Waals surface area contributed by atoms with E-state index in [1.807, 2.05) is 0 Å². The molecule has 0 aliphatic rings. The predicted octanol–water partition coefficient (Wildman–Crippen LogP) is 4.06. The van der Waals surface area contributed by atoms with E-state index in [-0.39, 0.29) is 11.1 Å². The number of hydrogen-bond acceptors (Lipinski definition) is 3. The van der Waals surface area contributed by atoms with Crippen LogP contribution in [0.3, 0.4) is 0 Å². The molecule has 0 radical (unpaired) electrons. The van der Waals surface area contributed by atoms with E-state index in [0.29, 0.717) is 10.1 Å². The second-order valence-electron chi connectivity index (χ2n) is 5.38. The van der Waals surface area contributed by atoms with Crippen molar-refractivity contribution >= 4 is 27.5 Å². The van der Waals surface area contributed by atoms with E-state index in [1.165, 1.54) is 31.6 Å². The summed E-state index contributed by atoms with van der Waals surface area (Å²) in [5, 5.41) is 10.2. The summed E-state index contributed by atoms with van der Waals surface area (Å²) in [5.74, 6) is -1.49. The first-order chi connectivity index (χ1) is 11.9. The van der Waals surface area contributed by atoms with Gasteiger partial charge in [0, 0.05) is 11.8 Å². The van der Waals surface area contributed by atoms with Crippen molar-refractivity contribution in [1.82, 2.24) is 19.9 Å². The highest BCUT2D eigenvalue weighted by Gasteiger charge is 2.21. The molecule has 1 atom stereocenters. The molecule has 0 aliphatic carbocycles. The van der Waals surface area contributed by atoms with Crippen molar-refractivity contribution in [1.29, 1.82) is 0 Å². The zero-order chi connectivity index (χ0) is 18.1. The van der Waals surface area contributed by atoms with Crippen LogP contribution in [0.4, 0.5) is 13.2 Å². The quantitative estimate of drug-likeness (QED) is 0.702. The first-order valence-electron chi connectivity index (χ1n) is 7.24. The number of benzene rings is 1. The Bertz CT molecular complexity index is 944. The molecular weight excluding hydrogens is 401 g/mol. The number of hydrogen-bond donors (Lipinski definition) is 1. The number of aromatic nitrogens is 3. The van der Waals surface area contributed by atoms with Crippen molar-refractivity contribution in [2.75, 3.05) is 0 Å². The molecule has 0 spiro atoms. The van der Waals surface area contributed by atoms with Crippen LogP contribution in [0.2, 0.25) is 0 Å². The van der Waals surface area contributed by atoms with Gasteiger partial charge >= 0.3 is 0 Å². The Kier molecular flexibility index (Phi) is 4.76. The number of halogens is 4. The maximum Gasteiger partial charge on any atom is 0.266 e. The predicted molar refractivity (Wildman–Crippen MR) is 87.9 cm³/mol. The van der Waals surface area contributed by atoms with E-state index >= 15 is 0 Å². The second kappa shape index (κ2) is 6.83. The minimum absolute atomic E-state index is 0.00408. The molecule has 0 saturated heterocycles. The Balaban J connectivity index is 1.86. The summed E-state index contributed by atoms with van der Waals surface area (Å²) < 4.78 is 41.9. The molecule has 1 amide bonds. The molecule has 0 fully saturated rings. The average molecular weight is 413 g/mol. The summed E-state index contributed by atoms with van der Waals surface area (Å²) in [6.07, 6.45) is 0.0372. The molecular formula is C16H12BrF3N4O. The zero-order valence-electron chi connectivity index (χ0n) is 12.9. The maximum absolute atomic E-state index is 14.2. The highest BCUT2D eigenvalue weighted by Crippen LogP contribution is 2.27. The highest BCUT2D eigenvalue weighted by molar-refractivity contribution is 9.10. The van der Waals surface area contributed by atoms with Crippen molar-refractivity contribution in [2.24, 2.45) is 0 Å². The van der Waals surface area contributed by atoms with E-state index in [0.717, 1.165) is 6.07 Å². The maximum atomic E-state index is 14.2. The fraction of sp³-hybridized carbons (Fsp3) is 0.188. The largest absolute Gasteiger partial charge is 0.345 e. The van der Waals surface area contributed by atoms with Crippen molar-refractivity contribution in [3.63, 3.8) is 0 Å². The van der Waals surface area contributed by atoms with Gasteiger partial charge in [-0.3, -0.25) is 9.20 Å². The van der Waals surface area contributed by atoms with Crippen LogP contribution in [-0.4, -0.2) is 20.5 Å². The molecule has 0 saturated carbocycles. The zero-order valence-corrected chi connectivity index (χ0v) is 14.5. The number of nitrogens with one attached hydrogen (secondary N) is 1. The lowest BCUT2D eigenvalue weighted by Crippen LogP contribution is -2.27. The number of alkyl halides is 2. The topological polar surface area (TPSA) is 59.3 Å². The SMILES string of the molecule is C[C@@H](NC(=O)c1cc(Br)c2nncn2c1)c1cccc(C(F)F)c1F. The van der Waals surface area contributed by atoms with E-state index in [4.69, 9.17) is 0 Å². The minimum Gasteiger partial charge on any atom is -0.345 e. The van der Waals surface area contributed by atoms with Crippen LogP contribution in [0.15, 0.2) is 41.3 Å². The lowest BCUT2D eigenvalue weighted by molar-refractivity contribution is 0.0938. The molecule has 0 aliphatic heterocycles. The molecule has 5 nitrogen and oxygen atoms in total. The third-order valence-corrected chi connectivity index (χ3v) is 4.30. The van der Waals surface area contributed by atoms with Crippen molar-refractivity contribution in [2.45, 2.75) is 19.4 Å². The number of carbonyl (C=O) groups excluding carboxylic acids is 1. The summed E-state index contributed by atoms with van der Waals surface area (Å²) >= 11 is 3.30. The van der Waals surface area contributed by atoms with Crippen LogP contribution >= 0.6 is 15.9 Å². The Morgan fingerprint density at radius 2 is 2.04 bits per heavy atom. The highest BCUT2D eigenvalue weighted by atomic mass is 79.9. The summed E-state index contributed by atoms with van der Waals surface area (Å²) in [5.41, 5.74) is 0.138. The van der Waals surface area contributed by atoms with Gasteiger partial charge in [0.25, 0.3) is 12.3 Å². The van der Waals surface area contributed by atoms with Gasteiger partial charge in [0.05, 0.1) is 21.6 Å². The lowest BCUT2D eigenvalue weighted by atomic mass is 10.0. The third kappa shape index (κ3) is 3.37. The van der Waals surface area contributed by atoms with Gasteiger partial charge in [0.15, 0.2) is 5.65 Å². The summed E-state index contributed by atoms with van der Waals surface area (Å²) in [7, 11) is 0. The first kappa shape index (κ1) is 17.4. The standard InChI is InChI=1S/C16H12BrF3N4O/c1-8(10-3-2-4-11(13(10)18)14(19)20)22-16(25)9-5-12(17)15-23-21-7-24(15)6-9/h2-8,14H,1H3,(H,22,25)/t8-/m1/s1. The summed E-state index contributed by atoms with van der Waals surface area (Å²) in [4.78, 5) is 12.4. The Hall–Kier alpha value is -2.42. The van der Waals surface area contributed by atoms with Gasteiger partial charge < -0.3 is 5.32 Å². The monoisotopic (exact) mass is 412 g/mol. The van der Waals surface area contributed by atoms with E-state index in [1.54, 1.807) is 10.5 Å². The van der Waals surface area contributed by atoms with Crippen molar-refractivity contribution in [3.8, 4) is 0 Å². The van der Waals surface area contributed by atoms with Gasteiger partial charge in [-0.05, 0) is 28.9 Å². The number of pyridine rings is 1. The van der Waals surface area contributed by atoms with Gasteiger partial charge in [-0.1, -0.05) is 18.2 Å². The Morgan fingerprint density at radius 1 is 1.32 bits per heavy atom. The molecule has 130 valence electrons. The van der Waals surface area contributed by atoms with Crippen LogP contribution in [0.5, 0.6) is 0 Å². The number of fused-ring (bicyclic) bond motifs is 1. The second-order valence-corrected chi connectivity index (χ2v) is 6.24. The van der Waals surface area contributed by atoms with Crippen molar-refractivity contribution < 1.29 is 18.0 Å². The normalized spacial score (nSPS) is 12.6. The number of rotatable bonds is 4. The molecule has 0 bridgehead atoms. The Labute approximate surface area is 149 Å². The fourth-order valence-corrected chi connectivity index (χ4v) is 2.98. The molecule has 3 aromatic rings. The first-order valence-corrected chi connectivity index (χ1v) is 8.04. The molecule has 25 heavy (non-hydrogen) atoms. The van der Waals surface area contributed by atoms with Gasteiger partial charge in [-0.25, -0.2) is 13.2 Å². The molecule has 2 heterocycles. The van der Waals surface area contributed by atoms with Crippen LogP contribution in [0, 0.1) is 5.82 Å². The van der Waals surface area contributed by atoms with Gasteiger partial charge in [-0.15, -0.1) is 10.2 Å². The third-order valence-electron chi connectivity index (χ3n) is 3.72. The molecule has 9 heteroatoms. The number of carbonyl (C=O) groups is 1. The average Bonchev–Trinajstić information content (AvgIpc) is 3.03. The fourth-order valence-electron chi connectivity index (χ4n) is 2.45. The minimum atomic E-state index is -2.92. The smallest absolute Gasteiger partial charge is 0.266 e. The van der Waals surface area contributed by atoms with Crippen LogP contribution in [-0.2, 0) is 0 Å². The number of nitrogens with zero attached hydrogens (tertiary/aromatic N) is 3. The molecule has 1 aromatic carbocycles. The molecule has 0 unspecified atom stereocenters. The van der Waals surface area contributed by atoms with Gasteiger partial charge in [-0.2, -0.15) is 0 Å². The Morgan fingerprint density at radius 3 is 2.76 bits per heavy atom. The lowest BCUT2D eigenvalue weighted by Gasteiger charge is -2.17. The van der Waals surface area contributed by atoms with Crippen LogP contribution < -0.4 is 5.32 Å². The van der Waals surface area contributed by atoms with Gasteiger partial charge in [0.1, 0.15) is 12.1 Å². The van der Waals surface area contributed by atoms with E-state index in [9.17, 15) is 18.0 Å². The number of amides is 1. The molecule has 1 N–H and O–H groups in total.